The van der Waals surface area contributed by atoms with Gasteiger partial charge in [0.2, 0.25) is 0 Å². The summed E-state index contributed by atoms with van der Waals surface area (Å²) in [5, 5.41) is 0. The van der Waals surface area contributed by atoms with Crippen molar-refractivity contribution in [3.63, 3.8) is 0 Å². The van der Waals surface area contributed by atoms with E-state index < -0.39 is 0 Å². The van der Waals surface area contributed by atoms with Crippen molar-refractivity contribution in [1.82, 2.24) is 0 Å². The molecule has 2 aromatic rings. The van der Waals surface area contributed by atoms with E-state index in [9.17, 15) is 4.39 Å². The fourth-order valence-corrected chi connectivity index (χ4v) is 3.56. The monoisotopic (exact) mass is 254 g/mol. The van der Waals surface area contributed by atoms with Crippen molar-refractivity contribution < 1.29 is 9.13 Å². The van der Waals surface area contributed by atoms with E-state index in [4.69, 9.17) is 4.74 Å². The van der Waals surface area contributed by atoms with E-state index >= 15 is 0 Å². The maximum Gasteiger partial charge on any atom is 0.123 e. The summed E-state index contributed by atoms with van der Waals surface area (Å²) < 4.78 is 19.3. The third-order valence-electron chi connectivity index (χ3n) is 4.48. The molecule has 0 spiro atoms. The molecule has 0 aromatic heterocycles. The molecule has 1 heterocycles. The molecule has 0 radical (unpaired) electrons. The Labute approximate surface area is 112 Å². The van der Waals surface area contributed by atoms with Crippen LogP contribution in [0.15, 0.2) is 36.4 Å². The van der Waals surface area contributed by atoms with Crippen molar-refractivity contribution in [3.8, 4) is 16.9 Å². The number of hydrogen-bond acceptors (Lipinski definition) is 1. The molecule has 0 N–H and O–H groups in total. The van der Waals surface area contributed by atoms with Crippen LogP contribution in [-0.4, -0.2) is 6.61 Å². The molecule has 1 aliphatic carbocycles. The summed E-state index contributed by atoms with van der Waals surface area (Å²) in [5.74, 6) is 0.804. The minimum Gasteiger partial charge on any atom is -0.493 e. The van der Waals surface area contributed by atoms with Gasteiger partial charge in [-0.1, -0.05) is 25.1 Å². The first-order valence-electron chi connectivity index (χ1n) is 6.72. The van der Waals surface area contributed by atoms with Gasteiger partial charge in [0.15, 0.2) is 0 Å². The summed E-state index contributed by atoms with van der Waals surface area (Å²) in [6, 6.07) is 11.3. The zero-order valence-electron chi connectivity index (χ0n) is 10.9. The Hall–Kier alpha value is -1.83. The topological polar surface area (TPSA) is 9.23 Å². The molecule has 0 saturated carbocycles. The highest BCUT2D eigenvalue weighted by Gasteiger charge is 2.39. The van der Waals surface area contributed by atoms with Crippen LogP contribution in [-0.2, 0) is 11.8 Å². The van der Waals surface area contributed by atoms with Gasteiger partial charge in [0, 0.05) is 11.0 Å². The fraction of sp³-hybridized carbons (Fsp3) is 0.294. The van der Waals surface area contributed by atoms with Crippen LogP contribution in [0.4, 0.5) is 4.39 Å². The number of hydrogen-bond donors (Lipinski definition) is 0. The molecule has 0 saturated heterocycles. The van der Waals surface area contributed by atoms with E-state index in [2.05, 4.69) is 13.0 Å². The van der Waals surface area contributed by atoms with Gasteiger partial charge in [0.25, 0.3) is 0 Å². The number of benzene rings is 2. The van der Waals surface area contributed by atoms with E-state index in [0.717, 1.165) is 36.3 Å². The second kappa shape index (κ2) is 3.60. The normalized spacial score (nSPS) is 23.3. The molecule has 2 heteroatoms. The highest BCUT2D eigenvalue weighted by atomic mass is 19.1. The van der Waals surface area contributed by atoms with E-state index in [-0.39, 0.29) is 11.2 Å². The second-order valence-corrected chi connectivity index (χ2v) is 5.82. The lowest BCUT2D eigenvalue weighted by Crippen LogP contribution is -2.35. The van der Waals surface area contributed by atoms with Gasteiger partial charge in [-0.05, 0) is 47.7 Å². The molecule has 0 fully saturated rings. The first kappa shape index (κ1) is 11.0. The van der Waals surface area contributed by atoms with Crippen LogP contribution >= 0.6 is 0 Å². The highest BCUT2D eigenvalue weighted by Crippen LogP contribution is 2.50. The Balaban J connectivity index is 2.07. The molecular formula is C17H15FO. The van der Waals surface area contributed by atoms with Gasteiger partial charge in [-0.15, -0.1) is 0 Å². The first-order chi connectivity index (χ1) is 9.17. The summed E-state index contributed by atoms with van der Waals surface area (Å²) in [6.07, 6.45) is 1.99. The van der Waals surface area contributed by atoms with Crippen molar-refractivity contribution in [3.05, 3.63) is 53.3 Å². The van der Waals surface area contributed by atoms with E-state index in [1.54, 1.807) is 12.1 Å². The Kier molecular flexibility index (Phi) is 2.09. The molecule has 1 nitrogen and oxygen atoms in total. The van der Waals surface area contributed by atoms with E-state index in [0.29, 0.717) is 0 Å². The maximum absolute atomic E-state index is 13.5. The van der Waals surface area contributed by atoms with Crippen LogP contribution in [0.3, 0.4) is 0 Å². The molecule has 19 heavy (non-hydrogen) atoms. The standard InChI is InChI=1S/C17H15FO/c1-17-7-8-19-15-4-2-3-13(16(15)17)14-9-12(18)6-5-11(14)10-17/h2-6,9H,7-8,10H2,1H3. The van der Waals surface area contributed by atoms with Gasteiger partial charge in [-0.25, -0.2) is 4.39 Å². The molecular weight excluding hydrogens is 239 g/mol. The summed E-state index contributed by atoms with van der Waals surface area (Å²) in [4.78, 5) is 0. The predicted molar refractivity (Wildman–Crippen MR) is 73.0 cm³/mol. The Morgan fingerprint density at radius 1 is 1.16 bits per heavy atom. The zero-order chi connectivity index (χ0) is 13.0. The molecule has 1 atom stereocenters. The van der Waals surface area contributed by atoms with Crippen LogP contribution in [0.25, 0.3) is 11.1 Å². The smallest absolute Gasteiger partial charge is 0.123 e. The van der Waals surface area contributed by atoms with Crippen molar-refractivity contribution in [2.75, 3.05) is 6.61 Å². The van der Waals surface area contributed by atoms with Crippen molar-refractivity contribution in [2.24, 2.45) is 0 Å². The molecule has 0 amide bonds. The minimum absolute atomic E-state index is 0.120. The molecule has 1 unspecified atom stereocenters. The van der Waals surface area contributed by atoms with Gasteiger partial charge < -0.3 is 4.74 Å². The van der Waals surface area contributed by atoms with Crippen LogP contribution in [0.1, 0.15) is 24.5 Å². The van der Waals surface area contributed by atoms with Crippen LogP contribution in [0.5, 0.6) is 5.75 Å². The van der Waals surface area contributed by atoms with Crippen LogP contribution in [0, 0.1) is 5.82 Å². The number of halogens is 1. The van der Waals surface area contributed by atoms with Crippen molar-refractivity contribution in [1.29, 1.82) is 0 Å². The average molecular weight is 254 g/mol. The minimum atomic E-state index is -0.170. The lowest BCUT2D eigenvalue weighted by atomic mass is 9.66. The highest BCUT2D eigenvalue weighted by molar-refractivity contribution is 5.77. The molecule has 0 bridgehead atoms. The first-order valence-corrected chi connectivity index (χ1v) is 6.72. The van der Waals surface area contributed by atoms with E-state index in [1.807, 2.05) is 18.2 Å². The molecule has 4 rings (SSSR count). The van der Waals surface area contributed by atoms with E-state index in [1.165, 1.54) is 11.1 Å². The van der Waals surface area contributed by atoms with Crippen molar-refractivity contribution >= 4 is 0 Å². The van der Waals surface area contributed by atoms with Crippen molar-refractivity contribution in [2.45, 2.75) is 25.2 Å². The number of ether oxygens (including phenoxy) is 1. The van der Waals surface area contributed by atoms with Gasteiger partial charge in [-0.2, -0.15) is 0 Å². The van der Waals surface area contributed by atoms with Gasteiger partial charge in [0.1, 0.15) is 11.6 Å². The Morgan fingerprint density at radius 2 is 2.05 bits per heavy atom. The molecule has 2 aliphatic rings. The average Bonchev–Trinajstić information content (AvgIpc) is 2.40. The predicted octanol–water partition coefficient (Wildman–Crippen LogP) is 4.09. The quantitative estimate of drug-likeness (QED) is 0.688. The lowest BCUT2D eigenvalue weighted by Gasteiger charge is -2.41. The summed E-state index contributed by atoms with van der Waals surface area (Å²) in [7, 11) is 0. The van der Waals surface area contributed by atoms with Gasteiger partial charge >= 0.3 is 0 Å². The summed E-state index contributed by atoms with van der Waals surface area (Å²) in [6.45, 7) is 3.06. The lowest BCUT2D eigenvalue weighted by molar-refractivity contribution is 0.222. The van der Waals surface area contributed by atoms with Crippen LogP contribution in [0.2, 0.25) is 0 Å². The summed E-state index contributed by atoms with van der Waals surface area (Å²) in [5.41, 5.74) is 4.80. The second-order valence-electron chi connectivity index (χ2n) is 5.82. The molecule has 96 valence electrons. The third kappa shape index (κ3) is 1.46. The molecule has 2 aromatic carbocycles. The largest absolute Gasteiger partial charge is 0.493 e. The third-order valence-corrected chi connectivity index (χ3v) is 4.48. The number of rotatable bonds is 0. The fourth-order valence-electron chi connectivity index (χ4n) is 3.56. The maximum atomic E-state index is 13.5. The van der Waals surface area contributed by atoms with Gasteiger partial charge in [0.05, 0.1) is 6.61 Å². The summed E-state index contributed by atoms with van der Waals surface area (Å²) >= 11 is 0. The van der Waals surface area contributed by atoms with Gasteiger partial charge in [-0.3, -0.25) is 0 Å². The molecule has 1 aliphatic heterocycles. The number of fused-ring (bicyclic) bond motifs is 2. The Bertz CT molecular complexity index is 677. The van der Waals surface area contributed by atoms with Crippen LogP contribution < -0.4 is 4.74 Å². The Morgan fingerprint density at radius 3 is 2.95 bits per heavy atom. The SMILES string of the molecule is CC12CCOc3cccc(c31)-c1cc(F)ccc1C2. The zero-order valence-corrected chi connectivity index (χ0v) is 10.9.